The van der Waals surface area contributed by atoms with Crippen molar-refractivity contribution in [3.8, 4) is 0 Å². The Balaban J connectivity index is 1.72. The molecule has 0 radical (unpaired) electrons. The van der Waals surface area contributed by atoms with Crippen LogP contribution in [0, 0.1) is 11.3 Å². The maximum absolute atomic E-state index is 14.1. The van der Waals surface area contributed by atoms with Crippen molar-refractivity contribution in [2.45, 2.75) is 124 Å². The number of amides is 4. The summed E-state index contributed by atoms with van der Waals surface area (Å²) in [5, 5.41) is 6.16. The van der Waals surface area contributed by atoms with Gasteiger partial charge >= 0.3 is 0 Å². The van der Waals surface area contributed by atoms with Crippen molar-refractivity contribution >= 4 is 23.6 Å². The van der Waals surface area contributed by atoms with E-state index in [-0.39, 0.29) is 47.7 Å². The molecule has 3 rings (SSSR count). The first-order valence-electron chi connectivity index (χ1n) is 17.3. The molecule has 0 aromatic heterocycles. The lowest BCUT2D eigenvalue weighted by Crippen LogP contribution is -2.60. The number of likely N-dealkylation sites (tertiary alicyclic amines) is 2. The first-order valence-corrected chi connectivity index (χ1v) is 17.3. The van der Waals surface area contributed by atoms with E-state index in [0.717, 1.165) is 44.2 Å². The molecule has 0 bridgehead atoms. The van der Waals surface area contributed by atoms with E-state index in [1.54, 1.807) is 23.8 Å². The predicted octanol–water partition coefficient (Wildman–Crippen LogP) is 4.56. The molecule has 2 aliphatic heterocycles. The van der Waals surface area contributed by atoms with Gasteiger partial charge in [-0.1, -0.05) is 77.4 Å². The Bertz CT molecular complexity index is 1220. The second-order valence-corrected chi connectivity index (χ2v) is 14.9. The van der Waals surface area contributed by atoms with E-state index < -0.39 is 17.5 Å². The van der Waals surface area contributed by atoms with Gasteiger partial charge in [-0.05, 0) is 76.3 Å². The summed E-state index contributed by atoms with van der Waals surface area (Å²) in [4.78, 5) is 60.2. The molecule has 2 fully saturated rings. The zero-order valence-corrected chi connectivity index (χ0v) is 29.8. The van der Waals surface area contributed by atoms with Gasteiger partial charge in [-0.2, -0.15) is 0 Å². The Morgan fingerprint density at radius 1 is 0.935 bits per heavy atom. The van der Waals surface area contributed by atoms with E-state index in [2.05, 4.69) is 29.4 Å². The number of piperidine rings is 1. The molecule has 0 spiro atoms. The summed E-state index contributed by atoms with van der Waals surface area (Å²) in [6.45, 7) is 17.9. The number of hydrogen-bond donors (Lipinski definition) is 2. The van der Waals surface area contributed by atoms with E-state index in [9.17, 15) is 19.2 Å². The van der Waals surface area contributed by atoms with Crippen molar-refractivity contribution in [2.24, 2.45) is 11.3 Å². The minimum Gasteiger partial charge on any atom is -0.354 e. The van der Waals surface area contributed by atoms with Crippen LogP contribution in [0.4, 0.5) is 0 Å². The van der Waals surface area contributed by atoms with Crippen LogP contribution >= 0.6 is 0 Å². The molecular formula is C37H59N5O4. The van der Waals surface area contributed by atoms with E-state index in [0.29, 0.717) is 25.1 Å². The number of likely N-dealkylation sites (N-methyl/N-ethyl adjacent to an activating group) is 1. The number of hydrogen-bond acceptors (Lipinski definition) is 5. The molecule has 9 nitrogen and oxygen atoms in total. The maximum atomic E-state index is 14.1. The van der Waals surface area contributed by atoms with Crippen LogP contribution in [-0.4, -0.2) is 95.2 Å². The Morgan fingerprint density at radius 3 is 2.20 bits per heavy atom. The van der Waals surface area contributed by atoms with Gasteiger partial charge in [0.25, 0.3) is 0 Å². The van der Waals surface area contributed by atoms with Crippen LogP contribution in [0.15, 0.2) is 42.0 Å². The molecule has 2 heterocycles. The summed E-state index contributed by atoms with van der Waals surface area (Å²) in [7, 11) is 1.76. The largest absolute Gasteiger partial charge is 0.354 e. The first kappa shape index (κ1) is 37.3. The number of rotatable bonds is 12. The summed E-state index contributed by atoms with van der Waals surface area (Å²) in [6.07, 6.45) is 6.84. The monoisotopic (exact) mass is 637 g/mol. The normalized spacial score (nSPS) is 20.8. The van der Waals surface area contributed by atoms with Crippen molar-refractivity contribution in [3.63, 3.8) is 0 Å². The zero-order chi connectivity index (χ0) is 34.2. The van der Waals surface area contributed by atoms with Gasteiger partial charge in [0, 0.05) is 31.8 Å². The molecule has 2 saturated heterocycles. The van der Waals surface area contributed by atoms with Crippen molar-refractivity contribution in [2.75, 3.05) is 26.7 Å². The van der Waals surface area contributed by atoms with E-state index in [4.69, 9.17) is 0 Å². The van der Waals surface area contributed by atoms with Gasteiger partial charge in [0.1, 0.15) is 12.1 Å². The van der Waals surface area contributed by atoms with Gasteiger partial charge in [0.05, 0.1) is 12.1 Å². The fraction of sp³-hybridized carbons (Fsp3) is 0.676. The second-order valence-electron chi connectivity index (χ2n) is 14.9. The second kappa shape index (κ2) is 16.6. The Hall–Kier alpha value is -3.20. The molecule has 2 aliphatic rings. The molecule has 1 aromatic rings. The lowest BCUT2D eigenvalue weighted by Gasteiger charge is -2.41. The molecular weight excluding hydrogens is 578 g/mol. The smallest absolute Gasteiger partial charge is 0.249 e. The highest BCUT2D eigenvalue weighted by atomic mass is 16.2. The van der Waals surface area contributed by atoms with Gasteiger partial charge in [0.2, 0.25) is 23.6 Å². The van der Waals surface area contributed by atoms with Crippen LogP contribution < -0.4 is 10.6 Å². The molecule has 2 N–H and O–H groups in total. The third-order valence-electron chi connectivity index (χ3n) is 9.52. The van der Waals surface area contributed by atoms with Crippen molar-refractivity contribution in [3.05, 3.63) is 47.5 Å². The lowest BCUT2D eigenvalue weighted by molar-refractivity contribution is -0.142. The number of nitrogens with zero attached hydrogens (tertiary/aromatic N) is 3. The Labute approximate surface area is 277 Å². The van der Waals surface area contributed by atoms with Gasteiger partial charge in [-0.25, -0.2) is 0 Å². The highest BCUT2D eigenvalue weighted by Gasteiger charge is 2.40. The molecule has 256 valence electrons. The number of benzene rings is 1. The molecule has 0 saturated carbocycles. The Kier molecular flexibility index (Phi) is 13.4. The fourth-order valence-corrected chi connectivity index (χ4v) is 6.77. The third-order valence-corrected chi connectivity index (χ3v) is 9.52. The highest BCUT2D eigenvalue weighted by molar-refractivity contribution is 5.97. The van der Waals surface area contributed by atoms with Gasteiger partial charge in [-0.15, -0.1) is 0 Å². The average Bonchev–Trinajstić information content (AvgIpc) is 3.51. The average molecular weight is 638 g/mol. The van der Waals surface area contributed by atoms with Crippen molar-refractivity contribution in [1.29, 1.82) is 0 Å². The minimum atomic E-state index is -0.728. The van der Waals surface area contributed by atoms with Crippen LogP contribution in [0.5, 0.6) is 0 Å². The van der Waals surface area contributed by atoms with Gasteiger partial charge in [-0.3, -0.25) is 24.1 Å². The van der Waals surface area contributed by atoms with Crippen LogP contribution in [0.25, 0.3) is 0 Å². The van der Waals surface area contributed by atoms with Crippen molar-refractivity contribution in [1.82, 2.24) is 25.3 Å². The standard InChI is InChI=1S/C37H59N5O4/c1-25(2)31(40(9)36(46)32(37(6,7)8)39-34(44)30-18-13-14-22-41(30)26(3)4)24-27(5)35(45)42-23-15-19-29(42)33(43)38-21-20-28-16-11-10-12-17-28/h10-12,16-17,24-26,29-32H,13-15,18-23H2,1-9H3,(H,38,43)(H,39,44)/b27-24+/t29-,30+,31+,32+/m0/s1. The molecule has 0 unspecified atom stereocenters. The van der Waals surface area contributed by atoms with Crippen LogP contribution in [0.1, 0.15) is 93.1 Å². The summed E-state index contributed by atoms with van der Waals surface area (Å²) in [6, 6.07) is 8.39. The van der Waals surface area contributed by atoms with E-state index in [1.165, 1.54) is 0 Å². The maximum Gasteiger partial charge on any atom is 0.249 e. The molecule has 4 atom stereocenters. The topological polar surface area (TPSA) is 102 Å². The van der Waals surface area contributed by atoms with Crippen molar-refractivity contribution < 1.29 is 19.2 Å². The van der Waals surface area contributed by atoms with Crippen LogP contribution in [0.2, 0.25) is 0 Å². The zero-order valence-electron chi connectivity index (χ0n) is 29.8. The molecule has 1 aromatic carbocycles. The quantitative estimate of drug-likeness (QED) is 0.328. The first-order chi connectivity index (χ1) is 21.6. The van der Waals surface area contributed by atoms with Gasteiger partial charge in [0.15, 0.2) is 0 Å². The van der Waals surface area contributed by atoms with Crippen LogP contribution in [0.3, 0.4) is 0 Å². The number of carbonyl (C=O) groups excluding carboxylic acids is 4. The van der Waals surface area contributed by atoms with E-state index in [1.807, 2.05) is 71.0 Å². The minimum absolute atomic E-state index is 0.0125. The Morgan fingerprint density at radius 2 is 1.59 bits per heavy atom. The van der Waals surface area contributed by atoms with E-state index >= 15 is 0 Å². The number of carbonyl (C=O) groups is 4. The highest BCUT2D eigenvalue weighted by Crippen LogP contribution is 2.27. The van der Waals surface area contributed by atoms with Gasteiger partial charge < -0.3 is 20.4 Å². The fourth-order valence-electron chi connectivity index (χ4n) is 6.77. The summed E-state index contributed by atoms with van der Waals surface area (Å²) >= 11 is 0. The molecule has 0 aliphatic carbocycles. The van der Waals surface area contributed by atoms with Crippen LogP contribution in [-0.2, 0) is 25.6 Å². The molecule has 4 amide bonds. The third kappa shape index (κ3) is 9.66. The number of nitrogens with one attached hydrogen (secondary N) is 2. The summed E-state index contributed by atoms with van der Waals surface area (Å²) in [5.74, 6) is -0.572. The molecule has 9 heteroatoms. The molecule has 46 heavy (non-hydrogen) atoms. The SMILES string of the molecule is C/C(=C\[C@H](C(C)C)N(C)C(=O)[C@@H](NC(=O)[C@H]1CCCCN1C(C)C)C(C)(C)C)C(=O)N1CCC[C@H]1C(=O)NCCc1ccccc1. The summed E-state index contributed by atoms with van der Waals surface area (Å²) < 4.78 is 0. The summed E-state index contributed by atoms with van der Waals surface area (Å²) in [5.41, 5.74) is 1.14. The predicted molar refractivity (Wildman–Crippen MR) is 184 cm³/mol. The lowest BCUT2D eigenvalue weighted by atomic mass is 9.84.